The summed E-state index contributed by atoms with van der Waals surface area (Å²) in [4.78, 5) is 37.2. The quantitative estimate of drug-likeness (QED) is 0.817. The van der Waals surface area contributed by atoms with E-state index in [2.05, 4.69) is 5.32 Å². The lowest BCUT2D eigenvalue weighted by atomic mass is 9.93. The van der Waals surface area contributed by atoms with Crippen molar-refractivity contribution in [3.8, 4) is 5.75 Å². The van der Waals surface area contributed by atoms with Crippen LogP contribution < -0.4 is 15.0 Å². The molecule has 0 bridgehead atoms. The van der Waals surface area contributed by atoms with Crippen LogP contribution in [0.2, 0.25) is 0 Å². The summed E-state index contributed by atoms with van der Waals surface area (Å²) in [7, 11) is 1.53. The van der Waals surface area contributed by atoms with Crippen molar-refractivity contribution in [3.05, 3.63) is 24.3 Å². The third-order valence-electron chi connectivity index (χ3n) is 4.16. The molecule has 2 N–H and O–H groups in total. The van der Waals surface area contributed by atoms with Crippen LogP contribution in [0.25, 0.3) is 0 Å². The Bertz CT molecular complexity index is 656. The number of benzene rings is 1. The molecule has 1 aromatic carbocycles. The summed E-state index contributed by atoms with van der Waals surface area (Å²) in [6.07, 6.45) is 0.0946. The molecule has 1 heterocycles. The van der Waals surface area contributed by atoms with Gasteiger partial charge >= 0.3 is 5.97 Å². The summed E-state index contributed by atoms with van der Waals surface area (Å²) >= 11 is 0. The summed E-state index contributed by atoms with van der Waals surface area (Å²) in [5, 5.41) is 11.7. The predicted molar refractivity (Wildman–Crippen MR) is 87.9 cm³/mol. The number of aliphatic carboxylic acids is 1. The third-order valence-corrected chi connectivity index (χ3v) is 4.16. The Kier molecular flexibility index (Phi) is 5.11. The Morgan fingerprint density at radius 1 is 1.38 bits per heavy atom. The molecule has 1 fully saturated rings. The number of hydrogen-bond donors (Lipinski definition) is 2. The molecule has 0 radical (unpaired) electrons. The monoisotopic (exact) mass is 334 g/mol. The molecule has 1 saturated heterocycles. The number of para-hydroxylation sites is 2. The molecular formula is C17H22N2O5. The number of carboxylic acids is 1. The van der Waals surface area contributed by atoms with Crippen LogP contribution in [0.5, 0.6) is 5.75 Å². The maximum absolute atomic E-state index is 12.3. The maximum Gasteiger partial charge on any atom is 0.310 e. The van der Waals surface area contributed by atoms with Gasteiger partial charge in [-0.1, -0.05) is 12.1 Å². The molecule has 7 heteroatoms. The van der Waals surface area contributed by atoms with Gasteiger partial charge in [0.1, 0.15) is 5.75 Å². The number of carbonyl (C=O) groups excluding carboxylic acids is 2. The van der Waals surface area contributed by atoms with Crippen LogP contribution >= 0.6 is 0 Å². The molecule has 2 amide bonds. The molecule has 0 saturated carbocycles. The molecule has 7 nitrogen and oxygen atoms in total. The zero-order valence-electron chi connectivity index (χ0n) is 14.0. The topological polar surface area (TPSA) is 95.9 Å². The van der Waals surface area contributed by atoms with Gasteiger partial charge in [0.25, 0.3) is 0 Å². The number of carboxylic acid groups (broad SMARTS) is 1. The number of methoxy groups -OCH3 is 1. The lowest BCUT2D eigenvalue weighted by Crippen LogP contribution is -2.41. The number of amides is 2. The van der Waals surface area contributed by atoms with Gasteiger partial charge in [0.05, 0.1) is 24.1 Å². The Labute approximate surface area is 140 Å². The van der Waals surface area contributed by atoms with Gasteiger partial charge in [-0.15, -0.1) is 0 Å². The Hall–Kier alpha value is -2.57. The van der Waals surface area contributed by atoms with Gasteiger partial charge in [-0.2, -0.15) is 0 Å². The van der Waals surface area contributed by atoms with Gasteiger partial charge in [0, 0.05) is 19.5 Å². The highest BCUT2D eigenvalue weighted by Crippen LogP contribution is 2.32. The molecule has 0 spiro atoms. The molecule has 1 unspecified atom stereocenters. The van der Waals surface area contributed by atoms with Crippen molar-refractivity contribution in [3.63, 3.8) is 0 Å². The van der Waals surface area contributed by atoms with E-state index in [1.165, 1.54) is 25.9 Å². The first-order valence-corrected chi connectivity index (χ1v) is 7.70. The van der Waals surface area contributed by atoms with Crippen LogP contribution in [-0.4, -0.2) is 43.1 Å². The molecule has 130 valence electrons. The summed E-state index contributed by atoms with van der Waals surface area (Å²) < 4.78 is 5.26. The van der Waals surface area contributed by atoms with Crippen LogP contribution in [0, 0.1) is 11.3 Å². The van der Waals surface area contributed by atoms with Crippen molar-refractivity contribution >= 4 is 23.5 Å². The number of nitrogens with zero attached hydrogens (tertiary/aromatic N) is 1. The summed E-state index contributed by atoms with van der Waals surface area (Å²) in [5.41, 5.74) is -0.424. The molecule has 1 aromatic rings. The highest BCUT2D eigenvalue weighted by atomic mass is 16.5. The minimum Gasteiger partial charge on any atom is -0.495 e. The van der Waals surface area contributed by atoms with E-state index in [4.69, 9.17) is 9.84 Å². The van der Waals surface area contributed by atoms with Gasteiger partial charge in [-0.3, -0.25) is 14.4 Å². The van der Waals surface area contributed by atoms with E-state index in [-0.39, 0.29) is 31.3 Å². The molecular weight excluding hydrogens is 312 g/mol. The lowest BCUT2D eigenvalue weighted by Gasteiger charge is -2.21. The molecule has 24 heavy (non-hydrogen) atoms. The van der Waals surface area contributed by atoms with Crippen molar-refractivity contribution in [2.24, 2.45) is 11.3 Å². The number of hydrogen-bond acceptors (Lipinski definition) is 4. The molecule has 1 atom stereocenters. The van der Waals surface area contributed by atoms with Crippen molar-refractivity contribution in [2.45, 2.75) is 20.3 Å². The number of rotatable bonds is 6. The molecule has 1 aliphatic rings. The molecule has 2 rings (SSSR count). The van der Waals surface area contributed by atoms with E-state index in [9.17, 15) is 14.4 Å². The molecule has 0 aliphatic carbocycles. The fourth-order valence-corrected chi connectivity index (χ4v) is 2.50. The third kappa shape index (κ3) is 3.67. The standard InChI is InChI=1S/C17H22N2O5/c1-17(2,16(22)23)10-18-15(21)11-8-14(20)19(9-11)12-6-4-5-7-13(12)24-3/h4-7,11H,8-10H2,1-3H3,(H,18,21)(H,22,23). The van der Waals surface area contributed by atoms with Gasteiger partial charge in [-0.05, 0) is 26.0 Å². The number of ether oxygens (including phenoxy) is 1. The fraction of sp³-hybridized carbons (Fsp3) is 0.471. The van der Waals surface area contributed by atoms with Gasteiger partial charge in [-0.25, -0.2) is 0 Å². The Morgan fingerprint density at radius 2 is 2.04 bits per heavy atom. The van der Waals surface area contributed by atoms with Crippen LogP contribution in [0.4, 0.5) is 5.69 Å². The molecule has 1 aliphatic heterocycles. The van der Waals surface area contributed by atoms with Crippen molar-refractivity contribution in [1.82, 2.24) is 5.32 Å². The smallest absolute Gasteiger partial charge is 0.310 e. The predicted octanol–water partition coefficient (Wildman–Crippen LogP) is 1.28. The van der Waals surface area contributed by atoms with E-state index < -0.39 is 17.3 Å². The summed E-state index contributed by atoms with van der Waals surface area (Å²) in [6.45, 7) is 3.34. The van der Waals surface area contributed by atoms with E-state index >= 15 is 0 Å². The second kappa shape index (κ2) is 6.90. The van der Waals surface area contributed by atoms with E-state index in [1.54, 1.807) is 24.3 Å². The highest BCUT2D eigenvalue weighted by Gasteiger charge is 2.37. The Morgan fingerprint density at radius 3 is 2.67 bits per heavy atom. The van der Waals surface area contributed by atoms with E-state index in [0.717, 1.165) is 0 Å². The maximum atomic E-state index is 12.3. The van der Waals surface area contributed by atoms with Gasteiger partial charge in [0.2, 0.25) is 11.8 Å². The SMILES string of the molecule is COc1ccccc1N1CC(C(=O)NCC(C)(C)C(=O)O)CC1=O. The van der Waals surface area contributed by atoms with Gasteiger partial charge < -0.3 is 20.1 Å². The fourth-order valence-electron chi connectivity index (χ4n) is 2.50. The number of carbonyl (C=O) groups is 3. The largest absolute Gasteiger partial charge is 0.495 e. The highest BCUT2D eigenvalue weighted by molar-refractivity contribution is 6.01. The number of anilines is 1. The average molecular weight is 334 g/mol. The van der Waals surface area contributed by atoms with Crippen LogP contribution in [0.1, 0.15) is 20.3 Å². The van der Waals surface area contributed by atoms with Crippen LogP contribution in [0.15, 0.2) is 24.3 Å². The van der Waals surface area contributed by atoms with Crippen LogP contribution in [-0.2, 0) is 14.4 Å². The lowest BCUT2D eigenvalue weighted by molar-refractivity contribution is -0.147. The van der Waals surface area contributed by atoms with E-state index in [0.29, 0.717) is 11.4 Å². The van der Waals surface area contributed by atoms with Gasteiger partial charge in [0.15, 0.2) is 0 Å². The summed E-state index contributed by atoms with van der Waals surface area (Å²) in [5.74, 6) is -1.39. The summed E-state index contributed by atoms with van der Waals surface area (Å²) in [6, 6.07) is 7.13. The van der Waals surface area contributed by atoms with Crippen LogP contribution in [0.3, 0.4) is 0 Å². The minimum absolute atomic E-state index is 0.0144. The molecule has 0 aromatic heterocycles. The Balaban J connectivity index is 2.04. The van der Waals surface area contributed by atoms with E-state index in [1.807, 2.05) is 0 Å². The number of nitrogens with one attached hydrogen (secondary N) is 1. The minimum atomic E-state index is -1.05. The second-order valence-corrected chi connectivity index (χ2v) is 6.48. The second-order valence-electron chi connectivity index (χ2n) is 6.48. The van der Waals surface area contributed by atoms with Crippen molar-refractivity contribution in [1.29, 1.82) is 0 Å². The zero-order chi connectivity index (χ0) is 17.9. The zero-order valence-corrected chi connectivity index (χ0v) is 14.0. The van der Waals surface area contributed by atoms with Crippen molar-refractivity contribution in [2.75, 3.05) is 25.1 Å². The first-order chi connectivity index (χ1) is 11.3. The average Bonchev–Trinajstić information content (AvgIpc) is 2.94. The first-order valence-electron chi connectivity index (χ1n) is 7.70. The normalized spacial score (nSPS) is 17.7. The first kappa shape index (κ1) is 17.8. The van der Waals surface area contributed by atoms with Crippen molar-refractivity contribution < 1.29 is 24.2 Å².